The van der Waals surface area contributed by atoms with Crippen molar-refractivity contribution in [3.63, 3.8) is 0 Å². The Hall–Kier alpha value is -5.08. The predicted molar refractivity (Wildman–Crippen MR) is 157 cm³/mol. The van der Waals surface area contributed by atoms with E-state index in [-0.39, 0.29) is 63.7 Å². The zero-order valence-corrected chi connectivity index (χ0v) is 25.2. The van der Waals surface area contributed by atoms with Crippen LogP contribution in [0, 0.1) is 12.7 Å². The van der Waals surface area contributed by atoms with E-state index < -0.39 is 58.7 Å². The fourth-order valence-electron chi connectivity index (χ4n) is 5.51. The summed E-state index contributed by atoms with van der Waals surface area (Å²) in [5, 5.41) is 13.1. The van der Waals surface area contributed by atoms with Crippen LogP contribution in [-0.2, 0) is 29.8 Å². The number of carboxylic acid groups (broad SMARTS) is 1. The van der Waals surface area contributed by atoms with Crippen molar-refractivity contribution in [1.29, 1.82) is 0 Å². The highest BCUT2D eigenvalue weighted by Gasteiger charge is 2.39. The first-order valence-electron chi connectivity index (χ1n) is 14.2. The highest BCUT2D eigenvalue weighted by atomic mass is 19.4. The van der Waals surface area contributed by atoms with Crippen LogP contribution in [0.5, 0.6) is 5.75 Å². The second-order valence-electron chi connectivity index (χ2n) is 11.2. The first kappa shape index (κ1) is 35.2. The van der Waals surface area contributed by atoms with Gasteiger partial charge in [0, 0.05) is 30.0 Å². The monoisotopic (exact) mass is 699 g/mol. The van der Waals surface area contributed by atoms with Crippen LogP contribution in [0.2, 0.25) is 0 Å². The summed E-state index contributed by atoms with van der Waals surface area (Å²) in [6.45, 7) is 1.55. The summed E-state index contributed by atoms with van der Waals surface area (Å²) in [7, 11) is 1.21. The second-order valence-corrected chi connectivity index (χ2v) is 11.2. The van der Waals surface area contributed by atoms with Gasteiger partial charge in [-0.25, -0.2) is 9.18 Å². The molecule has 15 heteroatoms. The summed E-state index contributed by atoms with van der Waals surface area (Å²) in [6.07, 6.45) is -17.2. The number of halogens is 10. The fourth-order valence-corrected chi connectivity index (χ4v) is 5.51. The lowest BCUT2D eigenvalue weighted by atomic mass is 9.89. The van der Waals surface area contributed by atoms with Gasteiger partial charge in [-0.05, 0) is 83.3 Å². The highest BCUT2D eigenvalue weighted by Crippen LogP contribution is 2.43. The third-order valence-electron chi connectivity index (χ3n) is 7.88. The molecule has 258 valence electrons. The zero-order chi connectivity index (χ0) is 36.1. The van der Waals surface area contributed by atoms with Crippen molar-refractivity contribution in [2.24, 2.45) is 5.16 Å². The van der Waals surface area contributed by atoms with Crippen molar-refractivity contribution in [1.82, 2.24) is 0 Å². The van der Waals surface area contributed by atoms with Crippen LogP contribution in [0.3, 0.4) is 0 Å². The minimum absolute atomic E-state index is 0.0120. The standard InChI is InChI=1S/C34H23F10NO4/c1-16-7-17(31(46)47)3-5-24(16)26-14-27(30(48-2)15-28(26)35)25-6-4-20(32(36,37)38)8-18(25)11-23-13-29(49-45-23)19-9-21(33(39,40)41)12-22(10-19)34(42,43)44/h3-10,12,14-15,29H,11,13H2,1-2H3,(H,46,47). The molecule has 0 saturated carbocycles. The molecule has 1 aliphatic rings. The number of carbonyl (C=O) groups is 1. The van der Waals surface area contributed by atoms with Crippen molar-refractivity contribution in [2.45, 2.75) is 44.4 Å². The molecular weight excluding hydrogens is 676 g/mol. The Morgan fingerprint density at radius 3 is 1.96 bits per heavy atom. The fraction of sp³-hybridized carbons (Fsp3) is 0.235. The third-order valence-corrected chi connectivity index (χ3v) is 7.88. The van der Waals surface area contributed by atoms with E-state index in [9.17, 15) is 49.4 Å². The number of hydrogen-bond donors (Lipinski definition) is 1. The number of hydrogen-bond acceptors (Lipinski definition) is 4. The molecule has 0 amide bonds. The zero-order valence-electron chi connectivity index (χ0n) is 25.2. The number of aromatic carboxylic acids is 1. The minimum Gasteiger partial charge on any atom is -0.496 e. The lowest BCUT2D eigenvalue weighted by molar-refractivity contribution is -0.143. The molecule has 4 aromatic carbocycles. The van der Waals surface area contributed by atoms with E-state index >= 15 is 4.39 Å². The molecule has 1 N–H and O–H groups in total. The van der Waals surface area contributed by atoms with E-state index in [2.05, 4.69) is 5.16 Å². The maximum atomic E-state index is 15.4. The van der Waals surface area contributed by atoms with E-state index in [1.165, 1.54) is 31.4 Å². The van der Waals surface area contributed by atoms with Crippen molar-refractivity contribution >= 4 is 11.7 Å². The van der Waals surface area contributed by atoms with Crippen LogP contribution in [-0.4, -0.2) is 23.9 Å². The minimum atomic E-state index is -5.12. The number of carboxylic acids is 1. The van der Waals surface area contributed by atoms with Gasteiger partial charge in [-0.2, -0.15) is 39.5 Å². The number of ether oxygens (including phenoxy) is 1. The summed E-state index contributed by atoms with van der Waals surface area (Å²) in [5.74, 6) is -2.07. The lowest BCUT2D eigenvalue weighted by Crippen LogP contribution is -2.13. The Morgan fingerprint density at radius 1 is 0.796 bits per heavy atom. The van der Waals surface area contributed by atoms with Crippen LogP contribution in [0.15, 0.2) is 71.9 Å². The molecule has 0 aromatic heterocycles. The van der Waals surface area contributed by atoms with Gasteiger partial charge in [0.05, 0.1) is 35.1 Å². The molecule has 0 spiro atoms. The Kier molecular flexibility index (Phi) is 9.17. The van der Waals surface area contributed by atoms with E-state index in [0.29, 0.717) is 17.7 Å². The molecule has 5 rings (SSSR count). The molecule has 0 radical (unpaired) electrons. The molecular formula is C34H23F10NO4. The maximum Gasteiger partial charge on any atom is 0.416 e. The van der Waals surface area contributed by atoms with Crippen LogP contribution in [0.25, 0.3) is 22.3 Å². The van der Waals surface area contributed by atoms with Crippen LogP contribution in [0.1, 0.15) is 56.3 Å². The van der Waals surface area contributed by atoms with Crippen molar-refractivity contribution in [2.75, 3.05) is 7.11 Å². The van der Waals surface area contributed by atoms with Crippen LogP contribution >= 0.6 is 0 Å². The van der Waals surface area contributed by atoms with E-state index in [4.69, 9.17) is 9.57 Å². The first-order chi connectivity index (χ1) is 22.8. The highest BCUT2D eigenvalue weighted by molar-refractivity contribution is 5.91. The molecule has 0 fully saturated rings. The Morgan fingerprint density at radius 2 is 1.41 bits per heavy atom. The van der Waals surface area contributed by atoms with Gasteiger partial charge in [0.1, 0.15) is 11.6 Å². The Balaban J connectivity index is 1.56. The van der Waals surface area contributed by atoms with Gasteiger partial charge in [0.25, 0.3) is 0 Å². The number of aryl methyl sites for hydroxylation is 1. The van der Waals surface area contributed by atoms with Crippen LogP contribution in [0.4, 0.5) is 43.9 Å². The average molecular weight is 700 g/mol. The molecule has 5 nitrogen and oxygen atoms in total. The Bertz CT molecular complexity index is 1930. The van der Waals surface area contributed by atoms with Crippen molar-refractivity contribution in [3.05, 3.63) is 111 Å². The predicted octanol–water partition coefficient (Wildman–Crippen LogP) is 10.3. The van der Waals surface area contributed by atoms with Crippen molar-refractivity contribution in [3.8, 4) is 28.0 Å². The van der Waals surface area contributed by atoms with Gasteiger partial charge in [0.2, 0.25) is 0 Å². The maximum absolute atomic E-state index is 15.4. The number of nitrogens with zero attached hydrogens (tertiary/aromatic N) is 1. The molecule has 4 aromatic rings. The molecule has 0 aliphatic carbocycles. The third kappa shape index (κ3) is 7.50. The molecule has 1 atom stereocenters. The molecule has 1 heterocycles. The van der Waals surface area contributed by atoms with Gasteiger partial charge < -0.3 is 14.7 Å². The quantitative estimate of drug-likeness (QED) is 0.195. The summed E-state index contributed by atoms with van der Waals surface area (Å²) < 4.78 is 143. The first-order valence-corrected chi connectivity index (χ1v) is 14.2. The topological polar surface area (TPSA) is 68.1 Å². The molecule has 0 saturated heterocycles. The van der Waals surface area contributed by atoms with Gasteiger partial charge in [-0.15, -0.1) is 0 Å². The number of methoxy groups -OCH3 is 1. The lowest BCUT2D eigenvalue weighted by Gasteiger charge is -2.18. The van der Waals surface area contributed by atoms with E-state index in [0.717, 1.165) is 24.3 Å². The largest absolute Gasteiger partial charge is 0.496 e. The van der Waals surface area contributed by atoms with E-state index in [1.54, 1.807) is 6.92 Å². The summed E-state index contributed by atoms with van der Waals surface area (Å²) >= 11 is 0. The molecule has 1 aliphatic heterocycles. The van der Waals surface area contributed by atoms with Gasteiger partial charge in [0.15, 0.2) is 6.10 Å². The van der Waals surface area contributed by atoms with Crippen LogP contribution < -0.4 is 4.74 Å². The SMILES string of the molecule is COc1cc(F)c(-c2ccc(C(=O)O)cc2C)cc1-c1ccc(C(F)(F)F)cc1CC1=NOC(c2cc(C(F)(F)F)cc(C(F)(F)F)c2)C1. The summed E-state index contributed by atoms with van der Waals surface area (Å²) in [5.41, 5.74) is -3.88. The molecule has 1 unspecified atom stereocenters. The van der Waals surface area contributed by atoms with Gasteiger partial charge >= 0.3 is 24.5 Å². The molecule has 0 bridgehead atoms. The number of benzene rings is 4. The molecule has 49 heavy (non-hydrogen) atoms. The van der Waals surface area contributed by atoms with Crippen molar-refractivity contribution < 1.29 is 63.4 Å². The summed E-state index contributed by atoms with van der Waals surface area (Å²) in [6, 6.07) is 9.93. The Labute approximate surface area is 271 Å². The van der Waals surface area contributed by atoms with Gasteiger partial charge in [-0.1, -0.05) is 17.3 Å². The number of alkyl halides is 9. The number of rotatable bonds is 7. The summed E-state index contributed by atoms with van der Waals surface area (Å²) in [4.78, 5) is 16.6. The normalized spacial score (nSPS) is 15.2. The second kappa shape index (κ2) is 12.7. The van der Waals surface area contributed by atoms with E-state index in [1.807, 2.05) is 0 Å². The smallest absolute Gasteiger partial charge is 0.416 e. The van der Waals surface area contributed by atoms with Gasteiger partial charge in [-0.3, -0.25) is 0 Å². The number of oxime groups is 1. The average Bonchev–Trinajstić information content (AvgIpc) is 3.48.